The van der Waals surface area contributed by atoms with Gasteiger partial charge < -0.3 is 11.5 Å². The monoisotopic (exact) mass is 985 g/mol. The summed E-state index contributed by atoms with van der Waals surface area (Å²) in [6.45, 7) is 2.52. The van der Waals surface area contributed by atoms with E-state index in [0.29, 0.717) is 12.8 Å². The lowest BCUT2D eigenvalue weighted by atomic mass is 9.95. The first-order chi connectivity index (χ1) is 34.5. The Hall–Kier alpha value is -1.06. The Balaban J connectivity index is 3.15. The van der Waals surface area contributed by atoms with Gasteiger partial charge in [-0.15, -0.1) is 0 Å². The van der Waals surface area contributed by atoms with Gasteiger partial charge in [-0.05, 0) is 18.8 Å². The average Bonchev–Trinajstić information content (AvgIpc) is 3.34. The largest absolute Gasteiger partial charge is 0.370 e. The molecule has 0 saturated heterocycles. The molecule has 70 heavy (non-hydrogen) atoms. The van der Waals surface area contributed by atoms with E-state index in [0.717, 1.165) is 18.8 Å². The maximum atomic E-state index is 10.8. The van der Waals surface area contributed by atoms with Gasteiger partial charge in [0.2, 0.25) is 11.8 Å². The van der Waals surface area contributed by atoms with Crippen molar-refractivity contribution >= 4 is 11.8 Å². The van der Waals surface area contributed by atoms with Crippen molar-refractivity contribution in [3.63, 3.8) is 0 Å². The maximum absolute atomic E-state index is 10.8. The zero-order valence-corrected chi connectivity index (χ0v) is 48.4. The Bertz CT molecular complexity index is 907. The van der Waals surface area contributed by atoms with E-state index in [2.05, 4.69) is 6.92 Å². The van der Waals surface area contributed by atoms with Crippen LogP contribution in [0.3, 0.4) is 0 Å². The molecule has 0 fully saturated rings. The molecule has 4 heteroatoms. The Labute approximate surface area is 441 Å². The summed E-state index contributed by atoms with van der Waals surface area (Å²) in [7, 11) is 0. The Morgan fingerprint density at radius 3 is 0.414 bits per heavy atom. The predicted molar refractivity (Wildman–Crippen MR) is 314 cm³/mol. The summed E-state index contributed by atoms with van der Waals surface area (Å²) in [6, 6.07) is 0. The van der Waals surface area contributed by atoms with E-state index in [1.807, 2.05) is 0 Å². The van der Waals surface area contributed by atoms with Gasteiger partial charge in [0.05, 0.1) is 0 Å². The summed E-state index contributed by atoms with van der Waals surface area (Å²) in [4.78, 5) is 21.5. The van der Waals surface area contributed by atoms with Crippen LogP contribution in [0, 0.1) is 5.92 Å². The zero-order valence-electron chi connectivity index (χ0n) is 48.4. The van der Waals surface area contributed by atoms with Crippen molar-refractivity contribution < 1.29 is 9.59 Å². The van der Waals surface area contributed by atoms with E-state index in [1.54, 1.807) is 0 Å². The van der Waals surface area contributed by atoms with Crippen LogP contribution in [0.1, 0.15) is 405 Å². The number of primary amides is 2. The summed E-state index contributed by atoms with van der Waals surface area (Å²) in [5.41, 5.74) is 10.4. The third kappa shape index (κ3) is 65.0. The molecule has 0 aliphatic carbocycles. The smallest absolute Gasteiger partial charge is 0.217 e. The van der Waals surface area contributed by atoms with E-state index >= 15 is 0 Å². The fraction of sp³-hybridized carbons (Fsp3) is 0.970. The number of rotatable bonds is 64. The number of nitrogens with two attached hydrogens (primary N) is 2. The van der Waals surface area contributed by atoms with Gasteiger partial charge in [-0.25, -0.2) is 0 Å². The second-order valence-corrected chi connectivity index (χ2v) is 23.6. The maximum Gasteiger partial charge on any atom is 0.217 e. The quantitative estimate of drug-likeness (QED) is 0.0595. The highest BCUT2D eigenvalue weighted by Gasteiger charge is 2.04. The van der Waals surface area contributed by atoms with Crippen molar-refractivity contribution in [3.05, 3.63) is 0 Å². The number of unbranched alkanes of at least 4 members (excludes halogenated alkanes) is 56. The first-order valence-corrected chi connectivity index (χ1v) is 33.1. The standard InChI is InChI=1S/C66H132N2O2/c1-64(60-56-52-48-44-40-36-32-28-24-20-16-12-8-4-2-6-10-14-18-22-26-30-34-38-42-46-50-54-58-62-65(67)69)61-57-53-49-45-41-37-33-29-25-21-17-13-9-5-3-7-11-15-19-23-27-31-35-39-43-47-51-55-59-63-66(68)70/h64H,2-63H2,1H3,(H2,67,69)(H2,68,70). The number of hydrogen-bond donors (Lipinski definition) is 2. The molecule has 0 unspecified atom stereocenters. The van der Waals surface area contributed by atoms with Crippen molar-refractivity contribution in [2.75, 3.05) is 0 Å². The van der Waals surface area contributed by atoms with Gasteiger partial charge in [-0.3, -0.25) is 9.59 Å². The van der Waals surface area contributed by atoms with Crippen LogP contribution in [-0.4, -0.2) is 11.8 Å². The van der Waals surface area contributed by atoms with Crippen LogP contribution in [0.4, 0.5) is 0 Å². The molecule has 0 aromatic heterocycles. The SMILES string of the molecule is CC(CCCCCCCCCCCCCCCCCCCCCCCCCCCCCCCC(N)=O)CCCCCCCCCCCCCCCCCCCCCCCCCCCCCCCC(N)=O. The van der Waals surface area contributed by atoms with Gasteiger partial charge in [0.1, 0.15) is 0 Å². The van der Waals surface area contributed by atoms with Crippen molar-refractivity contribution in [2.24, 2.45) is 17.4 Å². The molecule has 0 heterocycles. The molecule has 418 valence electrons. The lowest BCUT2D eigenvalue weighted by Crippen LogP contribution is -2.09. The van der Waals surface area contributed by atoms with E-state index < -0.39 is 0 Å². The molecule has 0 aromatic rings. The Kier molecular flexibility index (Phi) is 61.3. The second kappa shape index (κ2) is 62.2. The molecule has 0 spiro atoms. The molecule has 2 amide bonds. The molecule has 0 atom stereocenters. The molecular formula is C66H132N2O2. The van der Waals surface area contributed by atoms with Gasteiger partial charge in [-0.2, -0.15) is 0 Å². The zero-order chi connectivity index (χ0) is 50.6. The lowest BCUT2D eigenvalue weighted by molar-refractivity contribution is -0.119. The minimum absolute atomic E-state index is 0.147. The highest BCUT2D eigenvalue weighted by molar-refractivity contribution is 5.73. The Morgan fingerprint density at radius 1 is 0.200 bits per heavy atom. The summed E-state index contributed by atoms with van der Waals surface area (Å²) in [5, 5.41) is 0. The van der Waals surface area contributed by atoms with E-state index in [-0.39, 0.29) is 11.8 Å². The van der Waals surface area contributed by atoms with Gasteiger partial charge in [-0.1, -0.05) is 379 Å². The van der Waals surface area contributed by atoms with Crippen LogP contribution in [0.5, 0.6) is 0 Å². The van der Waals surface area contributed by atoms with E-state index in [1.165, 1.54) is 372 Å². The molecule has 0 saturated carbocycles. The highest BCUT2D eigenvalue weighted by atomic mass is 16.1. The molecular weight excluding hydrogens is 853 g/mol. The molecule has 4 N–H and O–H groups in total. The fourth-order valence-electron chi connectivity index (χ4n) is 11.3. The first-order valence-electron chi connectivity index (χ1n) is 33.1. The normalized spacial score (nSPS) is 11.7. The highest BCUT2D eigenvalue weighted by Crippen LogP contribution is 2.22. The fourth-order valence-corrected chi connectivity index (χ4v) is 11.3. The summed E-state index contributed by atoms with van der Waals surface area (Å²) < 4.78 is 0. The Morgan fingerprint density at radius 2 is 0.300 bits per heavy atom. The van der Waals surface area contributed by atoms with Crippen LogP contribution in [0.2, 0.25) is 0 Å². The molecule has 0 aromatic carbocycles. The number of carbonyl (C=O) groups is 2. The summed E-state index contributed by atoms with van der Waals surface area (Å²) >= 11 is 0. The van der Waals surface area contributed by atoms with Gasteiger partial charge in [0.25, 0.3) is 0 Å². The molecule has 0 radical (unpaired) electrons. The average molecular weight is 986 g/mol. The minimum Gasteiger partial charge on any atom is -0.370 e. The van der Waals surface area contributed by atoms with E-state index in [9.17, 15) is 9.59 Å². The third-order valence-electron chi connectivity index (χ3n) is 16.2. The molecule has 0 aliphatic rings. The predicted octanol–water partition coefficient (Wildman–Crippen LogP) is 22.8. The number of amides is 2. The number of hydrogen-bond acceptors (Lipinski definition) is 2. The van der Waals surface area contributed by atoms with Crippen LogP contribution in [0.15, 0.2) is 0 Å². The molecule has 0 rings (SSSR count). The second-order valence-electron chi connectivity index (χ2n) is 23.6. The van der Waals surface area contributed by atoms with Crippen molar-refractivity contribution in [3.8, 4) is 0 Å². The molecule has 0 bridgehead atoms. The van der Waals surface area contributed by atoms with Crippen LogP contribution >= 0.6 is 0 Å². The van der Waals surface area contributed by atoms with Crippen LogP contribution in [0.25, 0.3) is 0 Å². The van der Waals surface area contributed by atoms with Gasteiger partial charge in [0, 0.05) is 12.8 Å². The first kappa shape index (κ1) is 68.9. The molecule has 4 nitrogen and oxygen atoms in total. The van der Waals surface area contributed by atoms with Gasteiger partial charge >= 0.3 is 0 Å². The number of carbonyl (C=O) groups excluding carboxylic acids is 2. The summed E-state index contributed by atoms with van der Waals surface area (Å²) in [6.07, 6.45) is 86.6. The van der Waals surface area contributed by atoms with Crippen molar-refractivity contribution in [2.45, 2.75) is 405 Å². The van der Waals surface area contributed by atoms with Crippen molar-refractivity contribution in [1.82, 2.24) is 0 Å². The van der Waals surface area contributed by atoms with E-state index in [4.69, 9.17) is 11.5 Å². The molecule has 0 aliphatic heterocycles. The third-order valence-corrected chi connectivity index (χ3v) is 16.2. The van der Waals surface area contributed by atoms with Crippen molar-refractivity contribution in [1.29, 1.82) is 0 Å². The van der Waals surface area contributed by atoms with Gasteiger partial charge in [0.15, 0.2) is 0 Å². The lowest BCUT2D eigenvalue weighted by Gasteiger charge is -2.11. The minimum atomic E-state index is -0.147. The van der Waals surface area contributed by atoms with Crippen LogP contribution < -0.4 is 11.5 Å². The van der Waals surface area contributed by atoms with Crippen LogP contribution in [-0.2, 0) is 9.59 Å². The summed E-state index contributed by atoms with van der Waals surface area (Å²) in [5.74, 6) is 0.653. The topological polar surface area (TPSA) is 86.2 Å².